The van der Waals surface area contributed by atoms with Gasteiger partial charge in [-0.25, -0.2) is 0 Å². The minimum Gasteiger partial charge on any atom is -0.457 e. The summed E-state index contributed by atoms with van der Waals surface area (Å²) in [4.78, 5) is 35.4. The molecule has 0 saturated heterocycles. The number of nitrogens with one attached hydrogen (secondary N) is 1. The summed E-state index contributed by atoms with van der Waals surface area (Å²) in [6.07, 6.45) is 1.29. The van der Waals surface area contributed by atoms with E-state index in [0.29, 0.717) is 22.7 Å². The van der Waals surface area contributed by atoms with Crippen molar-refractivity contribution in [3.05, 3.63) is 64.7 Å². The normalized spacial score (nSPS) is 10.2. The van der Waals surface area contributed by atoms with Gasteiger partial charge in [0.1, 0.15) is 0 Å². The number of benzene rings is 2. The van der Waals surface area contributed by atoms with Crippen LogP contribution in [0.2, 0.25) is 5.02 Å². The van der Waals surface area contributed by atoms with Gasteiger partial charge in [0.2, 0.25) is 5.91 Å². The lowest BCUT2D eigenvalue weighted by Crippen LogP contribution is -2.16. The van der Waals surface area contributed by atoms with Gasteiger partial charge in [0.25, 0.3) is 0 Å². The van der Waals surface area contributed by atoms with Crippen LogP contribution in [0.1, 0.15) is 35.7 Å². The second-order valence-electron chi connectivity index (χ2n) is 5.76. The Morgan fingerprint density at radius 1 is 1.00 bits per heavy atom. The highest BCUT2D eigenvalue weighted by Gasteiger charge is 2.11. The molecule has 1 amide bonds. The quantitative estimate of drug-likeness (QED) is 0.559. The van der Waals surface area contributed by atoms with Crippen molar-refractivity contribution in [2.45, 2.75) is 26.2 Å². The van der Waals surface area contributed by atoms with E-state index in [0.717, 1.165) is 12.0 Å². The molecule has 2 aromatic carbocycles. The van der Waals surface area contributed by atoms with Crippen LogP contribution < -0.4 is 5.32 Å². The molecular formula is C20H20ClNO4. The maximum Gasteiger partial charge on any atom is 0.310 e. The van der Waals surface area contributed by atoms with Crippen LogP contribution in [0, 0.1) is 0 Å². The van der Waals surface area contributed by atoms with E-state index in [1.165, 1.54) is 0 Å². The fourth-order valence-electron chi connectivity index (χ4n) is 2.24. The summed E-state index contributed by atoms with van der Waals surface area (Å²) >= 11 is 5.79. The lowest BCUT2D eigenvalue weighted by atomic mass is 10.1. The molecule has 0 aliphatic heterocycles. The molecule has 0 aliphatic carbocycles. The molecule has 0 fully saturated rings. The molecule has 2 aromatic rings. The molecule has 2 rings (SSSR count). The Hall–Kier alpha value is -2.66. The average Bonchev–Trinajstić information content (AvgIpc) is 2.62. The van der Waals surface area contributed by atoms with E-state index in [2.05, 4.69) is 5.32 Å². The van der Waals surface area contributed by atoms with Gasteiger partial charge in [0, 0.05) is 22.7 Å². The number of amides is 1. The van der Waals surface area contributed by atoms with Gasteiger partial charge in [-0.15, -0.1) is 0 Å². The number of esters is 1. The fraction of sp³-hybridized carbons (Fsp3) is 0.250. The van der Waals surface area contributed by atoms with Crippen LogP contribution in [0.3, 0.4) is 0 Å². The predicted octanol–water partition coefficient (Wildman–Crippen LogP) is 4.05. The second-order valence-corrected chi connectivity index (χ2v) is 6.20. The summed E-state index contributed by atoms with van der Waals surface area (Å²) in [5, 5.41) is 3.33. The van der Waals surface area contributed by atoms with E-state index >= 15 is 0 Å². The Morgan fingerprint density at radius 2 is 1.65 bits per heavy atom. The SMILES string of the molecule is CCCC(=O)Nc1ccc(C(=O)COC(=O)Cc2ccc(Cl)cc2)cc1. The highest BCUT2D eigenvalue weighted by molar-refractivity contribution is 6.30. The highest BCUT2D eigenvalue weighted by Crippen LogP contribution is 2.12. The Labute approximate surface area is 157 Å². The van der Waals surface area contributed by atoms with Gasteiger partial charge in [-0.1, -0.05) is 30.7 Å². The summed E-state index contributed by atoms with van der Waals surface area (Å²) < 4.78 is 5.03. The molecule has 0 radical (unpaired) electrons. The average molecular weight is 374 g/mol. The number of ether oxygens (including phenoxy) is 1. The van der Waals surface area contributed by atoms with Gasteiger partial charge in [-0.2, -0.15) is 0 Å². The van der Waals surface area contributed by atoms with E-state index < -0.39 is 5.97 Å². The summed E-state index contributed by atoms with van der Waals surface area (Å²) in [5.41, 5.74) is 1.80. The molecule has 0 atom stereocenters. The molecular weight excluding hydrogens is 354 g/mol. The summed E-state index contributed by atoms with van der Waals surface area (Å²) in [6, 6.07) is 13.3. The number of halogens is 1. The third-order valence-corrected chi connectivity index (χ3v) is 3.85. The molecule has 0 bridgehead atoms. The number of anilines is 1. The monoisotopic (exact) mass is 373 g/mol. The van der Waals surface area contributed by atoms with Crippen molar-refractivity contribution in [2.75, 3.05) is 11.9 Å². The maximum absolute atomic E-state index is 12.1. The zero-order valence-electron chi connectivity index (χ0n) is 14.5. The second kappa shape index (κ2) is 9.73. The minimum absolute atomic E-state index is 0.0669. The molecule has 0 aromatic heterocycles. The molecule has 0 unspecified atom stereocenters. The van der Waals surface area contributed by atoms with Gasteiger partial charge < -0.3 is 10.1 Å². The number of rotatable bonds is 8. The fourth-order valence-corrected chi connectivity index (χ4v) is 2.37. The standard InChI is InChI=1S/C20H20ClNO4/c1-2-3-19(24)22-17-10-6-15(7-11-17)18(23)13-26-20(25)12-14-4-8-16(21)9-5-14/h4-11H,2-3,12-13H2,1H3,(H,22,24). The first kappa shape index (κ1) is 19.7. The van der Waals surface area contributed by atoms with Crippen molar-refractivity contribution in [1.82, 2.24) is 0 Å². The molecule has 0 spiro atoms. The Kier molecular flexibility index (Phi) is 7.36. The first-order chi connectivity index (χ1) is 12.5. The topological polar surface area (TPSA) is 72.5 Å². The van der Waals surface area contributed by atoms with Crippen molar-refractivity contribution in [1.29, 1.82) is 0 Å². The van der Waals surface area contributed by atoms with Crippen LogP contribution in [0.5, 0.6) is 0 Å². The van der Waals surface area contributed by atoms with Crippen molar-refractivity contribution in [3.8, 4) is 0 Å². The Balaban J connectivity index is 1.82. The number of ketones is 1. The summed E-state index contributed by atoms with van der Waals surface area (Å²) in [7, 11) is 0. The maximum atomic E-state index is 12.1. The number of carbonyl (C=O) groups excluding carboxylic acids is 3. The molecule has 0 heterocycles. The Bertz CT molecular complexity index is 769. The molecule has 136 valence electrons. The third kappa shape index (κ3) is 6.33. The van der Waals surface area contributed by atoms with Gasteiger partial charge in [-0.05, 0) is 48.4 Å². The minimum atomic E-state index is -0.482. The zero-order chi connectivity index (χ0) is 18.9. The largest absolute Gasteiger partial charge is 0.457 e. The van der Waals surface area contributed by atoms with Gasteiger partial charge in [-0.3, -0.25) is 14.4 Å². The molecule has 0 aliphatic rings. The zero-order valence-corrected chi connectivity index (χ0v) is 15.2. The number of hydrogen-bond acceptors (Lipinski definition) is 4. The van der Waals surface area contributed by atoms with Crippen LogP contribution in [0.4, 0.5) is 5.69 Å². The van der Waals surface area contributed by atoms with E-state index in [4.69, 9.17) is 16.3 Å². The number of Topliss-reactive ketones (excluding diaryl/α,β-unsaturated/α-hetero) is 1. The van der Waals surface area contributed by atoms with Crippen molar-refractivity contribution in [3.63, 3.8) is 0 Å². The lowest BCUT2D eigenvalue weighted by molar-refractivity contribution is -0.141. The predicted molar refractivity (Wildman–Crippen MR) is 100 cm³/mol. The summed E-state index contributed by atoms with van der Waals surface area (Å²) in [6.45, 7) is 1.60. The number of carbonyl (C=O) groups is 3. The van der Waals surface area contributed by atoms with Crippen LogP contribution in [-0.2, 0) is 20.7 Å². The Morgan fingerprint density at radius 3 is 2.27 bits per heavy atom. The first-order valence-corrected chi connectivity index (χ1v) is 8.69. The van der Waals surface area contributed by atoms with Gasteiger partial charge in [0.05, 0.1) is 6.42 Å². The van der Waals surface area contributed by atoms with Crippen LogP contribution in [0.25, 0.3) is 0 Å². The number of hydrogen-bond donors (Lipinski definition) is 1. The molecule has 0 saturated carbocycles. The van der Waals surface area contributed by atoms with E-state index in [1.807, 2.05) is 6.92 Å². The van der Waals surface area contributed by atoms with Crippen LogP contribution in [-0.4, -0.2) is 24.3 Å². The molecule has 6 heteroatoms. The third-order valence-electron chi connectivity index (χ3n) is 3.59. The van der Waals surface area contributed by atoms with Gasteiger partial charge >= 0.3 is 5.97 Å². The highest BCUT2D eigenvalue weighted by atomic mass is 35.5. The van der Waals surface area contributed by atoms with E-state index in [9.17, 15) is 14.4 Å². The van der Waals surface area contributed by atoms with Crippen molar-refractivity contribution < 1.29 is 19.1 Å². The van der Waals surface area contributed by atoms with E-state index in [1.54, 1.807) is 48.5 Å². The van der Waals surface area contributed by atoms with Crippen molar-refractivity contribution in [2.24, 2.45) is 0 Å². The van der Waals surface area contributed by atoms with E-state index in [-0.39, 0.29) is 24.7 Å². The van der Waals surface area contributed by atoms with Gasteiger partial charge in [0.15, 0.2) is 12.4 Å². The lowest BCUT2D eigenvalue weighted by Gasteiger charge is -2.07. The first-order valence-electron chi connectivity index (χ1n) is 8.31. The molecule has 1 N–H and O–H groups in total. The molecule has 26 heavy (non-hydrogen) atoms. The summed E-state index contributed by atoms with van der Waals surface area (Å²) in [5.74, 6) is -0.854. The smallest absolute Gasteiger partial charge is 0.310 e. The van der Waals surface area contributed by atoms with Crippen LogP contribution >= 0.6 is 11.6 Å². The molecule has 5 nitrogen and oxygen atoms in total. The van der Waals surface area contributed by atoms with Crippen LogP contribution in [0.15, 0.2) is 48.5 Å². The van der Waals surface area contributed by atoms with Crippen molar-refractivity contribution >= 4 is 34.9 Å².